The normalized spacial score (nSPS) is 12.8. The van der Waals surface area contributed by atoms with Crippen LogP contribution in [0.15, 0.2) is 53.1 Å². The summed E-state index contributed by atoms with van der Waals surface area (Å²) >= 11 is 0. The van der Waals surface area contributed by atoms with Gasteiger partial charge in [0.05, 0.1) is 12.8 Å². The molecular formula is C16H22N2O. The number of hydrogen-bond acceptors (Lipinski definition) is 3. The Kier molecular flexibility index (Phi) is 5.19. The van der Waals surface area contributed by atoms with E-state index in [1.165, 1.54) is 5.56 Å². The minimum Gasteiger partial charge on any atom is -0.468 e. The van der Waals surface area contributed by atoms with Gasteiger partial charge in [-0.15, -0.1) is 0 Å². The van der Waals surface area contributed by atoms with E-state index in [-0.39, 0.29) is 6.04 Å². The monoisotopic (exact) mass is 258 g/mol. The van der Waals surface area contributed by atoms with E-state index in [9.17, 15) is 0 Å². The van der Waals surface area contributed by atoms with Crippen molar-refractivity contribution in [3.05, 3.63) is 60.1 Å². The van der Waals surface area contributed by atoms with Crippen molar-refractivity contribution in [2.24, 2.45) is 5.73 Å². The minimum atomic E-state index is 0.150. The summed E-state index contributed by atoms with van der Waals surface area (Å²) in [5.74, 6) is 0.994. The van der Waals surface area contributed by atoms with Crippen molar-refractivity contribution in [3.63, 3.8) is 0 Å². The second-order valence-electron chi connectivity index (χ2n) is 4.86. The van der Waals surface area contributed by atoms with Gasteiger partial charge >= 0.3 is 0 Å². The summed E-state index contributed by atoms with van der Waals surface area (Å²) in [6.07, 6.45) is 2.63. The Labute approximate surface area is 115 Å². The first-order valence-corrected chi connectivity index (χ1v) is 6.82. The zero-order valence-electron chi connectivity index (χ0n) is 11.5. The van der Waals surface area contributed by atoms with Gasteiger partial charge in [0.2, 0.25) is 0 Å². The van der Waals surface area contributed by atoms with E-state index in [1.54, 1.807) is 6.26 Å². The maximum absolute atomic E-state index is 6.24. The van der Waals surface area contributed by atoms with Crippen LogP contribution < -0.4 is 5.73 Å². The van der Waals surface area contributed by atoms with Crippen molar-refractivity contribution in [1.82, 2.24) is 4.90 Å². The first kappa shape index (κ1) is 13.8. The molecule has 0 amide bonds. The molecule has 0 radical (unpaired) electrons. The molecule has 3 nitrogen and oxygen atoms in total. The zero-order valence-corrected chi connectivity index (χ0v) is 11.5. The largest absolute Gasteiger partial charge is 0.468 e. The summed E-state index contributed by atoms with van der Waals surface area (Å²) in [4.78, 5) is 2.31. The average molecular weight is 258 g/mol. The quantitative estimate of drug-likeness (QED) is 0.830. The molecule has 19 heavy (non-hydrogen) atoms. The Morgan fingerprint density at radius 1 is 1.16 bits per heavy atom. The van der Waals surface area contributed by atoms with Crippen LogP contribution in [0.3, 0.4) is 0 Å². The smallest absolute Gasteiger partial charge is 0.117 e. The maximum Gasteiger partial charge on any atom is 0.117 e. The van der Waals surface area contributed by atoms with Gasteiger partial charge in [0.15, 0.2) is 0 Å². The van der Waals surface area contributed by atoms with Crippen LogP contribution in [0.2, 0.25) is 0 Å². The van der Waals surface area contributed by atoms with Crippen molar-refractivity contribution in [2.45, 2.75) is 25.9 Å². The van der Waals surface area contributed by atoms with Gasteiger partial charge in [-0.2, -0.15) is 0 Å². The first-order valence-electron chi connectivity index (χ1n) is 6.82. The Hall–Kier alpha value is -1.58. The number of hydrogen-bond donors (Lipinski definition) is 1. The summed E-state index contributed by atoms with van der Waals surface area (Å²) in [6.45, 7) is 4.83. The summed E-state index contributed by atoms with van der Waals surface area (Å²) in [5.41, 5.74) is 7.53. The van der Waals surface area contributed by atoms with E-state index in [2.05, 4.69) is 36.1 Å². The molecule has 0 aliphatic carbocycles. The predicted molar refractivity (Wildman–Crippen MR) is 77.8 cm³/mol. The molecule has 2 rings (SSSR count). The summed E-state index contributed by atoms with van der Waals surface area (Å²) in [5, 5.41) is 0. The third-order valence-corrected chi connectivity index (χ3v) is 3.24. The Bertz CT molecular complexity index is 453. The fourth-order valence-corrected chi connectivity index (χ4v) is 2.24. The SMILES string of the molecule is CCN(Cc1ccco1)CC(N)Cc1ccccc1. The molecule has 0 saturated carbocycles. The molecule has 0 fully saturated rings. The van der Waals surface area contributed by atoms with Crippen LogP contribution in [-0.2, 0) is 13.0 Å². The fraction of sp³-hybridized carbons (Fsp3) is 0.375. The number of rotatable bonds is 7. The lowest BCUT2D eigenvalue weighted by atomic mass is 10.1. The highest BCUT2D eigenvalue weighted by atomic mass is 16.3. The predicted octanol–water partition coefficient (Wildman–Crippen LogP) is 2.67. The van der Waals surface area contributed by atoms with E-state index in [1.807, 2.05) is 18.2 Å². The lowest BCUT2D eigenvalue weighted by Gasteiger charge is -2.23. The van der Waals surface area contributed by atoms with Gasteiger partial charge < -0.3 is 10.2 Å². The third-order valence-electron chi connectivity index (χ3n) is 3.24. The van der Waals surface area contributed by atoms with Crippen LogP contribution in [-0.4, -0.2) is 24.0 Å². The molecule has 3 heteroatoms. The van der Waals surface area contributed by atoms with Crippen molar-refractivity contribution >= 4 is 0 Å². The van der Waals surface area contributed by atoms with Gasteiger partial charge in [0, 0.05) is 12.6 Å². The van der Waals surface area contributed by atoms with E-state index in [4.69, 9.17) is 10.2 Å². The van der Waals surface area contributed by atoms with Crippen molar-refractivity contribution in [2.75, 3.05) is 13.1 Å². The van der Waals surface area contributed by atoms with Crippen LogP contribution in [0.4, 0.5) is 0 Å². The van der Waals surface area contributed by atoms with E-state index >= 15 is 0 Å². The van der Waals surface area contributed by atoms with Gasteiger partial charge in [-0.3, -0.25) is 4.90 Å². The summed E-state index contributed by atoms with van der Waals surface area (Å²) in [7, 11) is 0. The molecule has 1 unspecified atom stereocenters. The molecule has 2 N–H and O–H groups in total. The minimum absolute atomic E-state index is 0.150. The Morgan fingerprint density at radius 2 is 1.95 bits per heavy atom. The number of nitrogens with zero attached hydrogens (tertiary/aromatic N) is 1. The average Bonchev–Trinajstić information content (AvgIpc) is 2.92. The van der Waals surface area contributed by atoms with Crippen LogP contribution in [0.25, 0.3) is 0 Å². The Morgan fingerprint density at radius 3 is 2.58 bits per heavy atom. The number of benzene rings is 1. The van der Waals surface area contributed by atoms with Crippen molar-refractivity contribution in [3.8, 4) is 0 Å². The first-order chi connectivity index (χ1) is 9.28. The second-order valence-corrected chi connectivity index (χ2v) is 4.86. The van der Waals surface area contributed by atoms with E-state index in [0.717, 1.165) is 31.8 Å². The Balaban J connectivity index is 1.84. The molecule has 1 heterocycles. The molecule has 0 bridgehead atoms. The van der Waals surface area contributed by atoms with E-state index < -0.39 is 0 Å². The zero-order chi connectivity index (χ0) is 13.5. The highest BCUT2D eigenvalue weighted by Gasteiger charge is 2.11. The summed E-state index contributed by atoms with van der Waals surface area (Å²) in [6, 6.07) is 14.5. The van der Waals surface area contributed by atoms with Crippen LogP contribution in [0.5, 0.6) is 0 Å². The molecule has 1 aromatic heterocycles. The van der Waals surface area contributed by atoms with Gasteiger partial charge in [0.1, 0.15) is 5.76 Å². The van der Waals surface area contributed by atoms with Gasteiger partial charge in [0.25, 0.3) is 0 Å². The molecular weight excluding hydrogens is 236 g/mol. The van der Waals surface area contributed by atoms with Gasteiger partial charge in [-0.05, 0) is 30.7 Å². The molecule has 0 spiro atoms. The molecule has 1 aromatic carbocycles. The summed E-state index contributed by atoms with van der Waals surface area (Å²) < 4.78 is 5.38. The highest BCUT2D eigenvalue weighted by Crippen LogP contribution is 2.07. The topological polar surface area (TPSA) is 42.4 Å². The maximum atomic E-state index is 6.24. The second kappa shape index (κ2) is 7.12. The van der Waals surface area contributed by atoms with Crippen LogP contribution in [0, 0.1) is 0 Å². The van der Waals surface area contributed by atoms with Crippen molar-refractivity contribution < 1.29 is 4.42 Å². The van der Waals surface area contributed by atoms with Crippen LogP contribution in [0.1, 0.15) is 18.2 Å². The molecule has 0 aliphatic rings. The highest BCUT2D eigenvalue weighted by molar-refractivity contribution is 5.15. The van der Waals surface area contributed by atoms with Gasteiger partial charge in [-0.1, -0.05) is 37.3 Å². The molecule has 0 aliphatic heterocycles. The number of likely N-dealkylation sites (N-methyl/N-ethyl adjacent to an activating group) is 1. The standard InChI is InChI=1S/C16H22N2O/c1-2-18(13-16-9-6-10-19-16)12-15(17)11-14-7-4-3-5-8-14/h3-10,15H,2,11-13,17H2,1H3. The lowest BCUT2D eigenvalue weighted by molar-refractivity contribution is 0.240. The molecule has 2 aromatic rings. The third kappa shape index (κ3) is 4.54. The molecule has 1 atom stereocenters. The lowest BCUT2D eigenvalue weighted by Crippen LogP contribution is -2.38. The fourth-order valence-electron chi connectivity index (χ4n) is 2.24. The molecule has 102 valence electrons. The molecule has 0 saturated heterocycles. The number of furan rings is 1. The van der Waals surface area contributed by atoms with Crippen LogP contribution >= 0.6 is 0 Å². The van der Waals surface area contributed by atoms with E-state index in [0.29, 0.717) is 0 Å². The van der Waals surface area contributed by atoms with Crippen molar-refractivity contribution in [1.29, 1.82) is 0 Å². The van der Waals surface area contributed by atoms with Gasteiger partial charge in [-0.25, -0.2) is 0 Å². The number of nitrogens with two attached hydrogens (primary N) is 1.